The third kappa shape index (κ3) is 11.3. The summed E-state index contributed by atoms with van der Waals surface area (Å²) in [5.74, 6) is 0. The zero-order chi connectivity index (χ0) is 13.4. The Morgan fingerprint density at radius 3 is 1.05 bits per heavy atom. The fourth-order valence-corrected chi connectivity index (χ4v) is 1.92. The van der Waals surface area contributed by atoms with Crippen LogP contribution in [0.15, 0.2) is 72.9 Å². The highest BCUT2D eigenvalue weighted by atomic mass is 13.9. The van der Waals surface area contributed by atoms with Gasteiger partial charge in [0.15, 0.2) is 0 Å². The molecule has 0 radical (unpaired) electrons. The first kappa shape index (κ1) is 15.5. The second kappa shape index (κ2) is 12.9. The Morgan fingerprint density at radius 1 is 0.316 bits per heavy atom. The molecule has 1 rings (SSSR count). The summed E-state index contributed by atoms with van der Waals surface area (Å²) in [6, 6.07) is 0. The van der Waals surface area contributed by atoms with Gasteiger partial charge in [-0.15, -0.1) is 0 Å². The van der Waals surface area contributed by atoms with Crippen molar-refractivity contribution in [1.82, 2.24) is 0 Å². The van der Waals surface area contributed by atoms with Gasteiger partial charge < -0.3 is 0 Å². The predicted molar refractivity (Wildman–Crippen MR) is 87.2 cm³/mol. The maximum Gasteiger partial charge on any atom is -0.0348 e. The Kier molecular flexibility index (Phi) is 10.5. The highest BCUT2D eigenvalue weighted by Gasteiger charge is 1.88. The van der Waals surface area contributed by atoms with E-state index >= 15 is 0 Å². The van der Waals surface area contributed by atoms with Crippen LogP contribution < -0.4 is 0 Å². The number of hydrogen-bond acceptors (Lipinski definition) is 0. The van der Waals surface area contributed by atoms with E-state index in [-0.39, 0.29) is 0 Å². The summed E-state index contributed by atoms with van der Waals surface area (Å²) in [6.07, 6.45) is 34.5. The standard InChI is InChI=1S/C19H26/c1-2-4-6-8-10-12-14-16-18-19-17-15-13-11-9-7-5-3-1/h1-12H,13-19H2/b3-1-,4-2+,7-5+,8-6+,11-9+,12-10?. The molecule has 1 aliphatic carbocycles. The summed E-state index contributed by atoms with van der Waals surface area (Å²) in [5.41, 5.74) is 0. The summed E-state index contributed by atoms with van der Waals surface area (Å²) in [4.78, 5) is 0. The van der Waals surface area contributed by atoms with Gasteiger partial charge in [-0.1, -0.05) is 92.2 Å². The van der Waals surface area contributed by atoms with Crippen molar-refractivity contribution < 1.29 is 0 Å². The number of allylic oxidation sites excluding steroid dienone is 12. The van der Waals surface area contributed by atoms with Gasteiger partial charge >= 0.3 is 0 Å². The molecule has 0 aliphatic heterocycles. The lowest BCUT2D eigenvalue weighted by Crippen LogP contribution is -1.78. The molecule has 19 heavy (non-hydrogen) atoms. The van der Waals surface area contributed by atoms with Gasteiger partial charge in [-0.3, -0.25) is 0 Å². The molecular weight excluding hydrogens is 228 g/mol. The van der Waals surface area contributed by atoms with Gasteiger partial charge in [-0.25, -0.2) is 0 Å². The van der Waals surface area contributed by atoms with Crippen LogP contribution in [-0.2, 0) is 0 Å². The van der Waals surface area contributed by atoms with Crippen molar-refractivity contribution in [2.75, 3.05) is 0 Å². The molecule has 0 heteroatoms. The molecule has 0 N–H and O–H groups in total. The number of hydrogen-bond donors (Lipinski definition) is 0. The molecule has 0 bridgehead atoms. The summed E-state index contributed by atoms with van der Waals surface area (Å²) < 4.78 is 0. The summed E-state index contributed by atoms with van der Waals surface area (Å²) in [5, 5.41) is 0. The van der Waals surface area contributed by atoms with Gasteiger partial charge in [0.05, 0.1) is 0 Å². The van der Waals surface area contributed by atoms with Gasteiger partial charge in [-0.05, 0) is 25.7 Å². The third-order valence-corrected chi connectivity index (χ3v) is 3.01. The highest BCUT2D eigenvalue weighted by Crippen LogP contribution is 2.08. The molecule has 0 aromatic heterocycles. The molecule has 0 spiro atoms. The summed E-state index contributed by atoms with van der Waals surface area (Å²) >= 11 is 0. The minimum atomic E-state index is 1.21. The molecule has 0 atom stereocenters. The molecule has 0 aromatic rings. The van der Waals surface area contributed by atoms with E-state index in [9.17, 15) is 0 Å². The molecule has 0 nitrogen and oxygen atoms in total. The molecule has 0 amide bonds. The van der Waals surface area contributed by atoms with Gasteiger partial charge in [0.2, 0.25) is 0 Å². The van der Waals surface area contributed by atoms with Gasteiger partial charge in [0.1, 0.15) is 0 Å². The molecule has 0 saturated heterocycles. The van der Waals surface area contributed by atoms with Crippen LogP contribution in [0.25, 0.3) is 0 Å². The third-order valence-electron chi connectivity index (χ3n) is 3.01. The monoisotopic (exact) mass is 254 g/mol. The molecule has 0 aromatic carbocycles. The summed E-state index contributed by atoms with van der Waals surface area (Å²) in [7, 11) is 0. The van der Waals surface area contributed by atoms with Crippen molar-refractivity contribution in [3.8, 4) is 0 Å². The van der Waals surface area contributed by atoms with Crippen molar-refractivity contribution >= 4 is 0 Å². The molecular formula is C19H26. The van der Waals surface area contributed by atoms with E-state index in [4.69, 9.17) is 0 Å². The Labute approximate surface area is 118 Å². The van der Waals surface area contributed by atoms with Gasteiger partial charge in [0.25, 0.3) is 0 Å². The average Bonchev–Trinajstić information content (AvgIpc) is 2.43. The maximum absolute atomic E-state index is 2.26. The quantitative estimate of drug-likeness (QED) is 0.492. The maximum atomic E-state index is 2.26. The second-order valence-electron chi connectivity index (χ2n) is 4.74. The minimum absolute atomic E-state index is 1.21. The van der Waals surface area contributed by atoms with Crippen LogP contribution in [-0.4, -0.2) is 0 Å². The average molecular weight is 254 g/mol. The first-order valence-electron chi connectivity index (χ1n) is 7.48. The van der Waals surface area contributed by atoms with Crippen LogP contribution in [0.2, 0.25) is 0 Å². The van der Waals surface area contributed by atoms with E-state index in [1.165, 1.54) is 44.9 Å². The Balaban J connectivity index is 2.40. The van der Waals surface area contributed by atoms with Crippen LogP contribution in [0.3, 0.4) is 0 Å². The van der Waals surface area contributed by atoms with Crippen LogP contribution in [0.1, 0.15) is 44.9 Å². The van der Waals surface area contributed by atoms with Gasteiger partial charge in [0, 0.05) is 0 Å². The lowest BCUT2D eigenvalue weighted by molar-refractivity contribution is 0.622. The SMILES string of the molecule is C1=CCCCCCCC/C=C/C=C/C=C\C=C\C=C\1. The Hall–Kier alpha value is -1.56. The van der Waals surface area contributed by atoms with Crippen molar-refractivity contribution in [3.63, 3.8) is 0 Å². The smallest absolute Gasteiger partial charge is 0.0348 e. The molecule has 102 valence electrons. The van der Waals surface area contributed by atoms with Crippen LogP contribution in [0.4, 0.5) is 0 Å². The largest absolute Gasteiger partial charge is 0.0845 e. The lowest BCUT2D eigenvalue weighted by atomic mass is 10.1. The first-order chi connectivity index (χ1) is 9.50. The molecule has 1 aliphatic rings. The van der Waals surface area contributed by atoms with Crippen LogP contribution >= 0.6 is 0 Å². The van der Waals surface area contributed by atoms with Crippen molar-refractivity contribution in [2.24, 2.45) is 0 Å². The van der Waals surface area contributed by atoms with Crippen LogP contribution in [0, 0.1) is 0 Å². The first-order valence-corrected chi connectivity index (χ1v) is 7.48. The molecule has 0 heterocycles. The Morgan fingerprint density at radius 2 is 0.632 bits per heavy atom. The fourth-order valence-electron chi connectivity index (χ4n) is 1.92. The predicted octanol–water partition coefficient (Wildman–Crippen LogP) is 6.07. The Bertz CT molecular complexity index is 325. The van der Waals surface area contributed by atoms with E-state index in [0.29, 0.717) is 0 Å². The highest BCUT2D eigenvalue weighted by molar-refractivity contribution is 5.19. The van der Waals surface area contributed by atoms with E-state index < -0.39 is 0 Å². The van der Waals surface area contributed by atoms with Gasteiger partial charge in [-0.2, -0.15) is 0 Å². The number of rotatable bonds is 0. The lowest BCUT2D eigenvalue weighted by Gasteiger charge is -1.97. The fraction of sp³-hybridized carbons (Fsp3) is 0.368. The van der Waals surface area contributed by atoms with Crippen molar-refractivity contribution in [3.05, 3.63) is 72.9 Å². The van der Waals surface area contributed by atoms with E-state index in [0.717, 1.165) is 0 Å². The van der Waals surface area contributed by atoms with E-state index in [1.807, 2.05) is 12.2 Å². The van der Waals surface area contributed by atoms with Crippen molar-refractivity contribution in [2.45, 2.75) is 44.9 Å². The minimum Gasteiger partial charge on any atom is -0.0845 e. The normalized spacial score (nSPS) is 27.4. The van der Waals surface area contributed by atoms with E-state index in [1.54, 1.807) is 0 Å². The van der Waals surface area contributed by atoms with Crippen molar-refractivity contribution in [1.29, 1.82) is 0 Å². The second-order valence-corrected chi connectivity index (χ2v) is 4.74. The topological polar surface area (TPSA) is 0 Å². The molecule has 0 fully saturated rings. The molecule has 0 unspecified atom stereocenters. The van der Waals surface area contributed by atoms with E-state index in [2.05, 4.69) is 60.8 Å². The van der Waals surface area contributed by atoms with Crippen LogP contribution in [0.5, 0.6) is 0 Å². The summed E-state index contributed by atoms with van der Waals surface area (Å²) in [6.45, 7) is 0. The zero-order valence-corrected chi connectivity index (χ0v) is 11.9. The zero-order valence-electron chi connectivity index (χ0n) is 11.9. The molecule has 0 saturated carbocycles.